The molecule has 3 unspecified atom stereocenters. The molecule has 0 radical (unpaired) electrons. The number of aryl methyl sites for hydroxylation is 1. The average molecular weight is 582 g/mol. The van der Waals surface area contributed by atoms with Crippen LogP contribution >= 0.6 is 0 Å². The highest BCUT2D eigenvalue weighted by Crippen LogP contribution is 2.44. The van der Waals surface area contributed by atoms with Gasteiger partial charge in [0.15, 0.2) is 5.82 Å². The lowest BCUT2D eigenvalue weighted by molar-refractivity contribution is 0.0695. The molecule has 4 heterocycles. The third kappa shape index (κ3) is 4.38. The Morgan fingerprint density at radius 2 is 1.98 bits per heavy atom. The molecule has 4 aromatic rings. The Kier molecular flexibility index (Phi) is 6.21. The molecule has 9 nitrogen and oxygen atoms in total. The molecule has 8 rings (SSSR count). The Balaban J connectivity index is 1.17. The molecule has 224 valence electrons. The van der Waals surface area contributed by atoms with Crippen molar-refractivity contribution in [3.63, 3.8) is 0 Å². The Bertz CT molecular complexity index is 1770. The first kappa shape index (κ1) is 26.6. The molecule has 0 N–H and O–H groups in total. The molecule has 2 aromatic carbocycles. The van der Waals surface area contributed by atoms with Gasteiger partial charge in [-0.1, -0.05) is 19.1 Å². The Labute approximate surface area is 251 Å². The number of nitrogens with zero attached hydrogens (tertiary/aromatic N) is 5. The monoisotopic (exact) mass is 581 g/mol. The molecule has 9 heteroatoms. The van der Waals surface area contributed by atoms with Crippen LogP contribution in [0.2, 0.25) is 0 Å². The van der Waals surface area contributed by atoms with Crippen molar-refractivity contribution in [2.75, 3.05) is 33.4 Å². The summed E-state index contributed by atoms with van der Waals surface area (Å²) in [5.41, 5.74) is 5.79. The second-order valence-corrected chi connectivity index (χ2v) is 13.1. The number of benzene rings is 2. The van der Waals surface area contributed by atoms with Gasteiger partial charge in [0.2, 0.25) is 0 Å². The molecule has 2 aliphatic carbocycles. The first-order chi connectivity index (χ1) is 20.9. The first-order valence-corrected chi connectivity index (χ1v) is 15.8. The molecule has 2 aliphatic heterocycles. The summed E-state index contributed by atoms with van der Waals surface area (Å²) in [6, 6.07) is 13.0. The normalized spacial score (nSPS) is 23.2. The largest absolute Gasteiger partial charge is 0.494 e. The van der Waals surface area contributed by atoms with E-state index in [9.17, 15) is 9.59 Å². The third-order valence-electron chi connectivity index (χ3n) is 10.5. The molecular weight excluding hydrogens is 542 g/mol. The lowest BCUT2D eigenvalue weighted by Gasteiger charge is -2.27. The minimum absolute atomic E-state index is 0.0871. The average Bonchev–Trinajstić information content (AvgIpc) is 3.24. The van der Waals surface area contributed by atoms with Gasteiger partial charge in [0.25, 0.3) is 5.91 Å². The second kappa shape index (κ2) is 10.0. The van der Waals surface area contributed by atoms with Crippen LogP contribution in [-0.4, -0.2) is 75.3 Å². The van der Waals surface area contributed by atoms with E-state index in [-0.39, 0.29) is 12.0 Å². The highest BCUT2D eigenvalue weighted by atomic mass is 16.6. The van der Waals surface area contributed by atoms with Crippen molar-refractivity contribution >= 4 is 33.9 Å². The number of carbonyl (C=O) groups excluding carboxylic acids is 2. The summed E-state index contributed by atoms with van der Waals surface area (Å²) in [6.07, 6.45) is 5.38. The number of carbonyl (C=O) groups is 2. The molecule has 2 aromatic heterocycles. The number of aromatic nitrogens is 3. The molecule has 2 saturated carbocycles. The van der Waals surface area contributed by atoms with Crippen molar-refractivity contribution in [2.45, 2.75) is 51.6 Å². The number of amides is 2. The maximum Gasteiger partial charge on any atom is 0.409 e. The number of fused-ring (bicyclic) bond motifs is 4. The van der Waals surface area contributed by atoms with E-state index in [4.69, 9.17) is 14.5 Å². The van der Waals surface area contributed by atoms with E-state index in [0.29, 0.717) is 54.8 Å². The van der Waals surface area contributed by atoms with Gasteiger partial charge in [-0.05, 0) is 79.7 Å². The van der Waals surface area contributed by atoms with Crippen molar-refractivity contribution in [1.29, 1.82) is 0 Å². The van der Waals surface area contributed by atoms with Gasteiger partial charge < -0.3 is 28.4 Å². The summed E-state index contributed by atoms with van der Waals surface area (Å²) in [5.74, 6) is 3.48. The summed E-state index contributed by atoms with van der Waals surface area (Å²) in [6.45, 7) is 5.87. The van der Waals surface area contributed by atoms with Gasteiger partial charge in [0.05, 0.1) is 24.9 Å². The van der Waals surface area contributed by atoms with E-state index in [0.717, 1.165) is 48.5 Å². The van der Waals surface area contributed by atoms with Gasteiger partial charge in [-0.3, -0.25) is 4.79 Å². The summed E-state index contributed by atoms with van der Waals surface area (Å²) in [4.78, 5) is 34.7. The number of piperidine rings is 1. The highest BCUT2D eigenvalue weighted by Gasteiger charge is 2.46. The van der Waals surface area contributed by atoms with Crippen molar-refractivity contribution in [2.24, 2.45) is 24.8 Å². The van der Waals surface area contributed by atoms with Crippen LogP contribution in [0.3, 0.4) is 0 Å². The summed E-state index contributed by atoms with van der Waals surface area (Å²) in [5, 5.41) is 1.17. The van der Waals surface area contributed by atoms with E-state index in [1.807, 2.05) is 19.2 Å². The van der Waals surface area contributed by atoms with Gasteiger partial charge in [-0.25, -0.2) is 9.78 Å². The first-order valence-electron chi connectivity index (χ1n) is 15.8. The van der Waals surface area contributed by atoms with Gasteiger partial charge in [0.1, 0.15) is 17.9 Å². The van der Waals surface area contributed by atoms with Crippen LogP contribution in [0.5, 0.6) is 5.75 Å². The van der Waals surface area contributed by atoms with E-state index in [2.05, 4.69) is 45.2 Å². The predicted octanol–water partition coefficient (Wildman–Crippen LogP) is 5.48. The number of ether oxygens (including phenoxy) is 2. The molecule has 0 spiro atoms. The van der Waals surface area contributed by atoms with E-state index in [1.54, 1.807) is 12.0 Å². The highest BCUT2D eigenvalue weighted by molar-refractivity contribution is 6.00. The fraction of sp³-hybridized carbons (Fsp3) is 0.500. The van der Waals surface area contributed by atoms with Crippen LogP contribution in [0.15, 0.2) is 36.4 Å². The zero-order chi connectivity index (χ0) is 29.4. The Morgan fingerprint density at radius 1 is 1.12 bits per heavy atom. The number of cyclic esters (lactones) is 1. The van der Waals surface area contributed by atoms with Crippen LogP contribution in [-0.2, 0) is 24.8 Å². The van der Waals surface area contributed by atoms with Crippen LogP contribution in [0, 0.1) is 17.8 Å². The maximum atomic E-state index is 13.7. The predicted molar refractivity (Wildman–Crippen MR) is 164 cm³/mol. The number of rotatable bonds is 8. The Morgan fingerprint density at radius 3 is 2.67 bits per heavy atom. The Hall–Kier alpha value is -4.01. The number of likely N-dealkylation sites (tertiary alicyclic amines) is 1. The maximum absolute atomic E-state index is 13.7. The number of hydrogen-bond acceptors (Lipinski definition) is 5. The van der Waals surface area contributed by atoms with E-state index < -0.39 is 0 Å². The van der Waals surface area contributed by atoms with Gasteiger partial charge in [-0.2, -0.15) is 0 Å². The molecule has 4 aliphatic rings. The van der Waals surface area contributed by atoms with Crippen molar-refractivity contribution in [1.82, 2.24) is 23.9 Å². The minimum atomic E-state index is -0.218. The minimum Gasteiger partial charge on any atom is -0.494 e. The standard InChI is InChI=1S/C34H39N5O4/c1-20-24-8-9-27(20)39(19-24)33(40)25-15-26-31(30(17-25)42-3)36(2)32(35-26)29-16-23-7-6-21(10-11-37-12-13-43-34(37)41)14-28(23)38(29)18-22-4-5-22/h6-7,14-17,20,22,24,27H,4-5,8-13,18-19H2,1-3H3. The van der Waals surface area contributed by atoms with Crippen molar-refractivity contribution in [3.05, 3.63) is 47.5 Å². The van der Waals surface area contributed by atoms with Crippen LogP contribution < -0.4 is 4.74 Å². The fourth-order valence-electron chi connectivity index (χ4n) is 7.82. The van der Waals surface area contributed by atoms with Crippen molar-refractivity contribution < 1.29 is 19.1 Å². The van der Waals surface area contributed by atoms with Crippen LogP contribution in [0.1, 0.15) is 48.5 Å². The smallest absolute Gasteiger partial charge is 0.409 e. The zero-order valence-corrected chi connectivity index (χ0v) is 25.2. The van der Waals surface area contributed by atoms with Crippen LogP contribution in [0.4, 0.5) is 4.79 Å². The molecule has 43 heavy (non-hydrogen) atoms. The molecule has 2 amide bonds. The topological polar surface area (TPSA) is 81.8 Å². The second-order valence-electron chi connectivity index (χ2n) is 13.1. The number of methoxy groups -OCH3 is 1. The number of imidazole rings is 1. The molecular formula is C34H39N5O4. The van der Waals surface area contributed by atoms with Gasteiger partial charge >= 0.3 is 6.09 Å². The summed E-state index contributed by atoms with van der Waals surface area (Å²) in [7, 11) is 3.71. The molecule has 3 atom stereocenters. The summed E-state index contributed by atoms with van der Waals surface area (Å²) < 4.78 is 15.5. The molecule has 4 fully saturated rings. The van der Waals surface area contributed by atoms with Crippen molar-refractivity contribution in [3.8, 4) is 17.3 Å². The van der Waals surface area contributed by atoms with Crippen LogP contribution in [0.25, 0.3) is 33.5 Å². The fourth-order valence-corrected chi connectivity index (χ4v) is 7.82. The SMILES string of the molecule is COc1cc(C(=O)N2CC3CCC2C3C)cc2nc(-c3cc4ccc(CCN5CCOC5=O)cc4n3CC3CC3)n(C)c12. The van der Waals surface area contributed by atoms with E-state index >= 15 is 0 Å². The quantitative estimate of drug-likeness (QED) is 0.275. The van der Waals surface area contributed by atoms with Gasteiger partial charge in [0, 0.05) is 49.2 Å². The van der Waals surface area contributed by atoms with Gasteiger partial charge in [-0.15, -0.1) is 0 Å². The molecule has 2 saturated heterocycles. The zero-order valence-electron chi connectivity index (χ0n) is 25.2. The molecule has 2 bridgehead atoms. The van der Waals surface area contributed by atoms with E-state index in [1.165, 1.54) is 35.7 Å². The number of hydrogen-bond donors (Lipinski definition) is 0. The summed E-state index contributed by atoms with van der Waals surface area (Å²) >= 11 is 0. The third-order valence-corrected chi connectivity index (χ3v) is 10.5. The lowest BCUT2D eigenvalue weighted by atomic mass is 10.0. The lowest BCUT2D eigenvalue weighted by Crippen LogP contribution is -2.38.